The van der Waals surface area contributed by atoms with Gasteiger partial charge in [0.05, 0.1) is 24.3 Å². The molecule has 0 aliphatic rings. The maximum absolute atomic E-state index is 12.5. The molecular weight excluding hydrogens is 364 g/mol. The van der Waals surface area contributed by atoms with Gasteiger partial charge >= 0.3 is 11.9 Å². The van der Waals surface area contributed by atoms with Crippen molar-refractivity contribution in [3.63, 3.8) is 0 Å². The number of carbonyl (C=O) groups excluding carboxylic acids is 2. The summed E-state index contributed by atoms with van der Waals surface area (Å²) >= 11 is 0. The summed E-state index contributed by atoms with van der Waals surface area (Å²) in [5.74, 6) is 0.515. The van der Waals surface area contributed by atoms with E-state index in [-0.39, 0.29) is 0 Å². The molecule has 0 spiro atoms. The van der Waals surface area contributed by atoms with Gasteiger partial charge in [0.15, 0.2) is 0 Å². The predicted octanol–water partition coefficient (Wildman–Crippen LogP) is 6.74. The van der Waals surface area contributed by atoms with Gasteiger partial charge in [0.2, 0.25) is 0 Å². The van der Waals surface area contributed by atoms with Crippen molar-refractivity contribution < 1.29 is 19.1 Å². The van der Waals surface area contributed by atoms with Crippen LogP contribution >= 0.6 is 0 Å². The van der Waals surface area contributed by atoms with Crippen LogP contribution in [0.5, 0.6) is 0 Å². The van der Waals surface area contributed by atoms with Crippen molar-refractivity contribution in [1.82, 2.24) is 0 Å². The Morgan fingerprint density at radius 2 is 1.21 bits per heavy atom. The summed E-state index contributed by atoms with van der Waals surface area (Å²) in [6.45, 7) is 11.5. The SMILES string of the molecule is Cc1ccc(C(=O)OCCCCCC(C)C)c(C(=O)OCCCCCC(C)C)c1. The molecule has 0 atom stereocenters. The van der Waals surface area contributed by atoms with Crippen LogP contribution in [0.1, 0.15) is 105 Å². The van der Waals surface area contributed by atoms with E-state index in [0.717, 1.165) is 44.1 Å². The van der Waals surface area contributed by atoms with Crippen LogP contribution in [-0.4, -0.2) is 25.2 Å². The van der Waals surface area contributed by atoms with Crippen LogP contribution in [0.25, 0.3) is 0 Å². The van der Waals surface area contributed by atoms with E-state index in [1.54, 1.807) is 12.1 Å². The lowest BCUT2D eigenvalue weighted by Gasteiger charge is -2.11. The molecule has 29 heavy (non-hydrogen) atoms. The molecule has 0 aliphatic carbocycles. The van der Waals surface area contributed by atoms with Gasteiger partial charge in [0.1, 0.15) is 0 Å². The third-order valence-electron chi connectivity index (χ3n) is 4.93. The molecule has 0 radical (unpaired) electrons. The normalized spacial score (nSPS) is 11.1. The summed E-state index contributed by atoms with van der Waals surface area (Å²) in [4.78, 5) is 25.0. The van der Waals surface area contributed by atoms with E-state index >= 15 is 0 Å². The van der Waals surface area contributed by atoms with E-state index in [1.165, 1.54) is 12.8 Å². The molecule has 164 valence electrons. The molecule has 0 aliphatic heterocycles. The maximum atomic E-state index is 12.5. The summed E-state index contributed by atoms with van der Waals surface area (Å²) in [7, 11) is 0. The number of hydrogen-bond donors (Lipinski definition) is 0. The van der Waals surface area contributed by atoms with Gasteiger partial charge in [-0.1, -0.05) is 77.8 Å². The van der Waals surface area contributed by atoms with Gasteiger partial charge in [-0.25, -0.2) is 9.59 Å². The van der Waals surface area contributed by atoms with E-state index in [4.69, 9.17) is 9.47 Å². The highest BCUT2D eigenvalue weighted by atomic mass is 16.5. The number of hydrogen-bond acceptors (Lipinski definition) is 4. The zero-order chi connectivity index (χ0) is 21.6. The Balaban J connectivity index is 2.49. The number of aryl methyl sites for hydroxylation is 1. The fourth-order valence-corrected chi connectivity index (χ4v) is 3.15. The molecule has 0 saturated heterocycles. The van der Waals surface area contributed by atoms with E-state index in [2.05, 4.69) is 27.7 Å². The second-order valence-corrected chi connectivity index (χ2v) is 8.81. The van der Waals surface area contributed by atoms with Crippen LogP contribution in [0.2, 0.25) is 0 Å². The molecule has 0 amide bonds. The summed E-state index contributed by atoms with van der Waals surface area (Å²) in [5, 5.41) is 0. The topological polar surface area (TPSA) is 52.6 Å². The van der Waals surface area contributed by atoms with Crippen molar-refractivity contribution in [2.45, 2.75) is 86.0 Å². The molecule has 1 rings (SSSR count). The van der Waals surface area contributed by atoms with Crippen LogP contribution in [0, 0.1) is 18.8 Å². The van der Waals surface area contributed by atoms with Crippen molar-refractivity contribution >= 4 is 11.9 Å². The molecule has 0 fully saturated rings. The zero-order valence-electron chi connectivity index (χ0n) is 19.1. The lowest BCUT2D eigenvalue weighted by Crippen LogP contribution is -2.15. The molecule has 1 aromatic rings. The van der Waals surface area contributed by atoms with Crippen molar-refractivity contribution in [1.29, 1.82) is 0 Å². The van der Waals surface area contributed by atoms with Crippen LogP contribution in [-0.2, 0) is 9.47 Å². The Labute approximate surface area is 177 Å². The van der Waals surface area contributed by atoms with Gasteiger partial charge in [-0.3, -0.25) is 0 Å². The number of benzene rings is 1. The lowest BCUT2D eigenvalue weighted by atomic mass is 10.0. The van der Waals surface area contributed by atoms with Gasteiger partial charge in [-0.2, -0.15) is 0 Å². The van der Waals surface area contributed by atoms with Gasteiger partial charge < -0.3 is 9.47 Å². The first-order chi connectivity index (χ1) is 13.8. The van der Waals surface area contributed by atoms with Gasteiger partial charge in [-0.05, 0) is 43.7 Å². The maximum Gasteiger partial charge on any atom is 0.339 e. The minimum Gasteiger partial charge on any atom is -0.462 e. The first-order valence-corrected chi connectivity index (χ1v) is 11.3. The van der Waals surface area contributed by atoms with Crippen LogP contribution in [0.4, 0.5) is 0 Å². The van der Waals surface area contributed by atoms with E-state index in [0.29, 0.717) is 36.2 Å². The quantitative estimate of drug-likeness (QED) is 0.254. The monoisotopic (exact) mass is 404 g/mol. The summed E-state index contributed by atoms with van der Waals surface area (Å²) in [6.07, 6.45) is 8.47. The molecule has 0 bridgehead atoms. The highest BCUT2D eigenvalue weighted by molar-refractivity contribution is 6.03. The minimum atomic E-state index is -0.447. The first kappa shape index (κ1) is 25.2. The van der Waals surface area contributed by atoms with E-state index in [9.17, 15) is 9.59 Å². The third kappa shape index (κ3) is 11.1. The Morgan fingerprint density at radius 1 is 0.724 bits per heavy atom. The fourth-order valence-electron chi connectivity index (χ4n) is 3.15. The smallest absolute Gasteiger partial charge is 0.339 e. The lowest BCUT2D eigenvalue weighted by molar-refractivity contribution is 0.0450. The Morgan fingerprint density at radius 3 is 1.69 bits per heavy atom. The van der Waals surface area contributed by atoms with Gasteiger partial charge in [0.25, 0.3) is 0 Å². The summed E-state index contributed by atoms with van der Waals surface area (Å²) < 4.78 is 10.8. The predicted molar refractivity (Wildman–Crippen MR) is 118 cm³/mol. The Kier molecular flexibility index (Phi) is 12.3. The zero-order valence-corrected chi connectivity index (χ0v) is 19.1. The number of ether oxygens (including phenoxy) is 2. The van der Waals surface area contributed by atoms with Crippen LogP contribution in [0.3, 0.4) is 0 Å². The summed E-state index contributed by atoms with van der Waals surface area (Å²) in [6, 6.07) is 5.19. The molecule has 0 aromatic heterocycles. The van der Waals surface area contributed by atoms with Crippen molar-refractivity contribution in [2.24, 2.45) is 11.8 Å². The van der Waals surface area contributed by atoms with E-state index in [1.807, 2.05) is 13.0 Å². The largest absolute Gasteiger partial charge is 0.462 e. The number of unbranched alkanes of at least 4 members (excludes halogenated alkanes) is 4. The Bertz CT molecular complexity index is 619. The molecule has 1 aromatic carbocycles. The van der Waals surface area contributed by atoms with Crippen molar-refractivity contribution in [2.75, 3.05) is 13.2 Å². The van der Waals surface area contributed by atoms with Crippen molar-refractivity contribution in [3.8, 4) is 0 Å². The molecule has 0 heterocycles. The number of rotatable bonds is 14. The second-order valence-electron chi connectivity index (χ2n) is 8.81. The standard InChI is InChI=1S/C25H40O4/c1-19(2)12-8-6-10-16-28-24(26)22-15-14-21(5)18-23(22)25(27)29-17-11-7-9-13-20(3)4/h14-15,18-20H,6-13,16-17H2,1-5H3. The second kappa shape index (κ2) is 14.2. The molecule has 4 heteroatoms. The fraction of sp³-hybridized carbons (Fsp3) is 0.680. The molecule has 4 nitrogen and oxygen atoms in total. The van der Waals surface area contributed by atoms with E-state index < -0.39 is 11.9 Å². The highest BCUT2D eigenvalue weighted by Crippen LogP contribution is 2.16. The number of carbonyl (C=O) groups is 2. The molecular formula is C25H40O4. The summed E-state index contributed by atoms with van der Waals surface area (Å²) in [5.41, 5.74) is 1.51. The molecule has 0 saturated carbocycles. The average Bonchev–Trinajstić information content (AvgIpc) is 2.66. The molecule has 0 unspecified atom stereocenters. The van der Waals surface area contributed by atoms with Crippen LogP contribution in [0.15, 0.2) is 18.2 Å². The average molecular weight is 405 g/mol. The minimum absolute atomic E-state index is 0.294. The van der Waals surface area contributed by atoms with Gasteiger partial charge in [-0.15, -0.1) is 0 Å². The number of esters is 2. The van der Waals surface area contributed by atoms with Crippen LogP contribution < -0.4 is 0 Å². The van der Waals surface area contributed by atoms with Gasteiger partial charge in [0, 0.05) is 0 Å². The highest BCUT2D eigenvalue weighted by Gasteiger charge is 2.19. The molecule has 0 N–H and O–H groups in total. The first-order valence-electron chi connectivity index (χ1n) is 11.3. The third-order valence-corrected chi connectivity index (χ3v) is 4.93. The van der Waals surface area contributed by atoms with Crippen molar-refractivity contribution in [3.05, 3.63) is 34.9 Å². The Hall–Kier alpha value is -1.84.